The van der Waals surface area contributed by atoms with Crippen LogP contribution in [0.2, 0.25) is 0 Å². The molecule has 0 aromatic carbocycles. The first-order chi connectivity index (χ1) is 7.24. The highest BCUT2D eigenvalue weighted by Crippen LogP contribution is 2.25. The van der Waals surface area contributed by atoms with Gasteiger partial charge in [-0.25, -0.2) is 0 Å². The highest BCUT2D eigenvalue weighted by atomic mass is 15.4. The van der Waals surface area contributed by atoms with Gasteiger partial charge in [-0.1, -0.05) is 6.92 Å². The zero-order valence-electron chi connectivity index (χ0n) is 9.40. The molecule has 1 aliphatic heterocycles. The van der Waals surface area contributed by atoms with Gasteiger partial charge in [-0.3, -0.25) is 4.68 Å². The van der Waals surface area contributed by atoms with Crippen molar-refractivity contribution in [2.75, 3.05) is 30.3 Å². The van der Waals surface area contributed by atoms with Gasteiger partial charge >= 0.3 is 0 Å². The molecular weight excluding hydrogens is 190 g/mol. The summed E-state index contributed by atoms with van der Waals surface area (Å²) in [5, 5.41) is 7.59. The van der Waals surface area contributed by atoms with Gasteiger partial charge in [0, 0.05) is 32.7 Å². The molecule has 0 aliphatic carbocycles. The fourth-order valence-corrected chi connectivity index (χ4v) is 2.20. The number of hydrogen-bond donors (Lipinski definition) is 2. The summed E-state index contributed by atoms with van der Waals surface area (Å²) < 4.78 is 1.86. The minimum Gasteiger partial charge on any atom is -0.394 e. The van der Waals surface area contributed by atoms with Crippen LogP contribution in [0.3, 0.4) is 0 Å². The topological polar surface area (TPSA) is 59.1 Å². The molecule has 1 aromatic heterocycles. The van der Waals surface area contributed by atoms with E-state index >= 15 is 0 Å². The number of nitrogens with two attached hydrogens (primary N) is 1. The lowest BCUT2D eigenvalue weighted by Crippen LogP contribution is -2.51. The molecule has 5 nitrogen and oxygen atoms in total. The number of nitrogens with one attached hydrogen (secondary N) is 1. The third kappa shape index (κ3) is 1.79. The van der Waals surface area contributed by atoms with Gasteiger partial charge < -0.3 is 16.0 Å². The summed E-state index contributed by atoms with van der Waals surface area (Å²) in [6, 6.07) is 0.524. The lowest BCUT2D eigenvalue weighted by atomic mass is 10.1. The Hall–Kier alpha value is -1.23. The maximum atomic E-state index is 5.94. The summed E-state index contributed by atoms with van der Waals surface area (Å²) in [6.45, 7) is 5.25. The van der Waals surface area contributed by atoms with E-state index in [0.717, 1.165) is 37.6 Å². The van der Waals surface area contributed by atoms with Crippen molar-refractivity contribution in [1.29, 1.82) is 0 Å². The van der Waals surface area contributed by atoms with Crippen LogP contribution in [0.4, 0.5) is 11.5 Å². The van der Waals surface area contributed by atoms with E-state index in [1.807, 2.05) is 11.7 Å². The SMILES string of the molecule is CCC1CNCCN1c1c(N)cnn1C. The molecule has 1 unspecified atom stereocenters. The summed E-state index contributed by atoms with van der Waals surface area (Å²) in [6.07, 6.45) is 2.85. The Morgan fingerprint density at radius 3 is 3.07 bits per heavy atom. The first kappa shape index (κ1) is 10.3. The number of nitrogens with zero attached hydrogens (tertiary/aromatic N) is 3. The molecule has 84 valence electrons. The second-order valence-electron chi connectivity index (χ2n) is 4.01. The van der Waals surface area contributed by atoms with Crippen molar-refractivity contribution in [1.82, 2.24) is 15.1 Å². The lowest BCUT2D eigenvalue weighted by Gasteiger charge is -2.37. The first-order valence-electron chi connectivity index (χ1n) is 5.49. The highest BCUT2D eigenvalue weighted by Gasteiger charge is 2.24. The van der Waals surface area contributed by atoms with Crippen molar-refractivity contribution >= 4 is 11.5 Å². The molecule has 5 heteroatoms. The molecule has 0 radical (unpaired) electrons. The molecule has 0 bridgehead atoms. The fourth-order valence-electron chi connectivity index (χ4n) is 2.20. The smallest absolute Gasteiger partial charge is 0.150 e. The average molecular weight is 209 g/mol. The number of aromatic nitrogens is 2. The zero-order chi connectivity index (χ0) is 10.8. The first-order valence-corrected chi connectivity index (χ1v) is 5.49. The van der Waals surface area contributed by atoms with Crippen LogP contribution in [-0.4, -0.2) is 35.5 Å². The second kappa shape index (κ2) is 4.10. The number of hydrogen-bond acceptors (Lipinski definition) is 4. The average Bonchev–Trinajstić information content (AvgIpc) is 2.59. The standard InChI is InChI=1S/C10H19N5/c1-3-8-6-12-4-5-15(8)10-9(11)7-13-14(10)2/h7-8,12H,3-6,11H2,1-2H3. The van der Waals surface area contributed by atoms with E-state index in [-0.39, 0.29) is 0 Å². The molecule has 1 aromatic rings. The van der Waals surface area contributed by atoms with Gasteiger partial charge in [0.1, 0.15) is 5.82 Å². The number of piperazine rings is 1. The largest absolute Gasteiger partial charge is 0.394 e. The highest BCUT2D eigenvalue weighted by molar-refractivity contribution is 5.63. The van der Waals surface area contributed by atoms with Gasteiger partial charge in [-0.15, -0.1) is 0 Å². The molecule has 1 fully saturated rings. The molecule has 3 N–H and O–H groups in total. The number of aryl methyl sites for hydroxylation is 1. The van der Waals surface area contributed by atoms with Crippen LogP contribution < -0.4 is 16.0 Å². The molecule has 1 aliphatic rings. The van der Waals surface area contributed by atoms with Crippen LogP contribution in [0.5, 0.6) is 0 Å². The summed E-state index contributed by atoms with van der Waals surface area (Å²) in [7, 11) is 1.94. The minimum atomic E-state index is 0.524. The van der Waals surface area contributed by atoms with Crippen LogP contribution in [0.25, 0.3) is 0 Å². The Morgan fingerprint density at radius 2 is 2.47 bits per heavy atom. The molecule has 0 spiro atoms. The molecule has 1 atom stereocenters. The van der Waals surface area contributed by atoms with Crippen LogP contribution >= 0.6 is 0 Å². The third-order valence-electron chi connectivity index (χ3n) is 3.03. The normalized spacial score (nSPS) is 22.0. The van der Waals surface area contributed by atoms with Crippen LogP contribution in [-0.2, 0) is 7.05 Å². The van der Waals surface area contributed by atoms with Gasteiger partial charge in [0.15, 0.2) is 0 Å². The summed E-state index contributed by atoms with van der Waals surface area (Å²) >= 11 is 0. The minimum absolute atomic E-state index is 0.524. The Morgan fingerprint density at radius 1 is 1.67 bits per heavy atom. The van der Waals surface area contributed by atoms with Crippen molar-refractivity contribution in [3.8, 4) is 0 Å². The van der Waals surface area contributed by atoms with Crippen LogP contribution in [0, 0.1) is 0 Å². The van der Waals surface area contributed by atoms with Crippen molar-refractivity contribution in [2.24, 2.45) is 7.05 Å². The lowest BCUT2D eigenvalue weighted by molar-refractivity contribution is 0.457. The van der Waals surface area contributed by atoms with E-state index in [0.29, 0.717) is 6.04 Å². The van der Waals surface area contributed by atoms with Gasteiger partial charge in [-0.05, 0) is 6.42 Å². The van der Waals surface area contributed by atoms with E-state index in [9.17, 15) is 0 Å². The van der Waals surface area contributed by atoms with Crippen molar-refractivity contribution in [3.05, 3.63) is 6.20 Å². The van der Waals surface area contributed by atoms with E-state index in [4.69, 9.17) is 5.73 Å². The Balaban J connectivity index is 2.27. The molecular formula is C10H19N5. The maximum Gasteiger partial charge on any atom is 0.150 e. The number of rotatable bonds is 2. The number of nitrogen functional groups attached to an aromatic ring is 1. The van der Waals surface area contributed by atoms with Gasteiger partial charge in [-0.2, -0.15) is 5.10 Å². The predicted octanol–water partition coefficient (Wildman–Crippen LogP) is 0.190. The van der Waals surface area contributed by atoms with E-state index in [1.165, 1.54) is 0 Å². The Labute approximate surface area is 90.2 Å². The van der Waals surface area contributed by atoms with E-state index in [2.05, 4.69) is 22.2 Å². The molecule has 2 heterocycles. The van der Waals surface area contributed by atoms with Gasteiger partial charge in [0.05, 0.1) is 11.9 Å². The predicted molar refractivity (Wildman–Crippen MR) is 61.9 cm³/mol. The maximum absolute atomic E-state index is 5.94. The van der Waals surface area contributed by atoms with Crippen LogP contribution in [0.15, 0.2) is 6.20 Å². The molecule has 2 rings (SSSR count). The monoisotopic (exact) mass is 209 g/mol. The van der Waals surface area contributed by atoms with E-state index < -0.39 is 0 Å². The molecule has 0 amide bonds. The molecule has 15 heavy (non-hydrogen) atoms. The van der Waals surface area contributed by atoms with Gasteiger partial charge in [0.2, 0.25) is 0 Å². The Kier molecular flexibility index (Phi) is 2.81. The van der Waals surface area contributed by atoms with Crippen LogP contribution in [0.1, 0.15) is 13.3 Å². The number of anilines is 2. The quantitative estimate of drug-likeness (QED) is 0.730. The fraction of sp³-hybridized carbons (Fsp3) is 0.700. The van der Waals surface area contributed by atoms with E-state index in [1.54, 1.807) is 6.20 Å². The summed E-state index contributed by atoms with van der Waals surface area (Å²) in [5.74, 6) is 1.06. The summed E-state index contributed by atoms with van der Waals surface area (Å²) in [4.78, 5) is 2.36. The summed E-state index contributed by atoms with van der Waals surface area (Å²) in [5.41, 5.74) is 6.72. The van der Waals surface area contributed by atoms with Crippen molar-refractivity contribution in [3.63, 3.8) is 0 Å². The second-order valence-corrected chi connectivity index (χ2v) is 4.01. The van der Waals surface area contributed by atoms with Crippen molar-refractivity contribution < 1.29 is 0 Å². The van der Waals surface area contributed by atoms with Crippen molar-refractivity contribution in [2.45, 2.75) is 19.4 Å². The third-order valence-corrected chi connectivity index (χ3v) is 3.03. The molecule has 1 saturated heterocycles. The van der Waals surface area contributed by atoms with Gasteiger partial charge in [0.25, 0.3) is 0 Å². The zero-order valence-corrected chi connectivity index (χ0v) is 9.40. The Bertz CT molecular complexity index is 313. The molecule has 0 saturated carbocycles.